The molecule has 0 saturated carbocycles. The van der Waals surface area contributed by atoms with E-state index in [1.807, 2.05) is 0 Å². The van der Waals surface area contributed by atoms with Gasteiger partial charge in [0.1, 0.15) is 11.6 Å². The summed E-state index contributed by atoms with van der Waals surface area (Å²) in [4.78, 5) is 0. The molecule has 0 unspecified atom stereocenters. The van der Waals surface area contributed by atoms with Crippen LogP contribution in [0, 0.1) is 17.7 Å². The van der Waals surface area contributed by atoms with Gasteiger partial charge < -0.3 is 0 Å². The highest BCUT2D eigenvalue weighted by Crippen LogP contribution is 2.26. The van der Waals surface area contributed by atoms with Crippen molar-refractivity contribution in [3.05, 3.63) is 59.1 Å². The molecule has 2 aromatic carbocycles. The van der Waals surface area contributed by atoms with Gasteiger partial charge >= 0.3 is 0 Å². The Morgan fingerprint density at radius 1 is 1.00 bits per heavy atom. The molecule has 1 radical (unpaired) electrons. The molecule has 0 bridgehead atoms. The molecule has 3 heteroatoms. The second kappa shape index (κ2) is 3.99. The van der Waals surface area contributed by atoms with Gasteiger partial charge in [0.15, 0.2) is 0 Å². The van der Waals surface area contributed by atoms with Gasteiger partial charge in [-0.25, -0.2) is 8.78 Å². The SMILES string of the molecule is Fc1ccc(-c2[c]ccc(Cl)c2F)cc1. The van der Waals surface area contributed by atoms with Gasteiger partial charge in [-0.1, -0.05) is 29.8 Å². The van der Waals surface area contributed by atoms with Crippen molar-refractivity contribution in [1.29, 1.82) is 0 Å². The van der Waals surface area contributed by atoms with Crippen LogP contribution in [0.5, 0.6) is 0 Å². The van der Waals surface area contributed by atoms with Crippen molar-refractivity contribution in [2.45, 2.75) is 0 Å². The Labute approximate surface area is 91.1 Å². The van der Waals surface area contributed by atoms with Crippen LogP contribution >= 0.6 is 11.6 Å². The molecule has 2 rings (SSSR count). The van der Waals surface area contributed by atoms with Gasteiger partial charge in [-0.3, -0.25) is 0 Å². The van der Waals surface area contributed by atoms with Crippen LogP contribution in [0.4, 0.5) is 8.78 Å². The van der Waals surface area contributed by atoms with Crippen LogP contribution in [0.3, 0.4) is 0 Å². The summed E-state index contributed by atoms with van der Waals surface area (Å²) in [5.41, 5.74) is 0.805. The molecule has 0 spiro atoms. The maximum absolute atomic E-state index is 13.5. The van der Waals surface area contributed by atoms with Crippen LogP contribution in [-0.4, -0.2) is 0 Å². The highest BCUT2D eigenvalue weighted by Gasteiger charge is 2.08. The first-order valence-electron chi connectivity index (χ1n) is 4.30. The van der Waals surface area contributed by atoms with E-state index in [4.69, 9.17) is 11.6 Å². The molecule has 0 aromatic heterocycles. The van der Waals surface area contributed by atoms with E-state index in [1.165, 1.54) is 36.4 Å². The van der Waals surface area contributed by atoms with E-state index >= 15 is 0 Å². The highest BCUT2D eigenvalue weighted by atomic mass is 35.5. The number of halogens is 3. The van der Waals surface area contributed by atoms with Crippen molar-refractivity contribution in [2.75, 3.05) is 0 Å². The maximum atomic E-state index is 13.5. The third kappa shape index (κ3) is 2.00. The lowest BCUT2D eigenvalue weighted by Gasteiger charge is -2.03. The Kier molecular flexibility index (Phi) is 2.69. The summed E-state index contributed by atoms with van der Waals surface area (Å²) in [7, 11) is 0. The van der Waals surface area contributed by atoms with E-state index in [1.54, 1.807) is 0 Å². The van der Waals surface area contributed by atoms with Crippen molar-refractivity contribution in [3.8, 4) is 11.1 Å². The normalized spacial score (nSPS) is 10.3. The Morgan fingerprint density at radius 2 is 1.67 bits per heavy atom. The third-order valence-electron chi connectivity index (χ3n) is 2.02. The third-order valence-corrected chi connectivity index (χ3v) is 2.31. The maximum Gasteiger partial charge on any atom is 0.150 e. The second-order valence-corrected chi connectivity index (χ2v) is 3.43. The molecule has 0 saturated heterocycles. The summed E-state index contributed by atoms with van der Waals surface area (Å²) in [6.07, 6.45) is 0. The monoisotopic (exact) mass is 223 g/mol. The first kappa shape index (κ1) is 10.1. The second-order valence-electron chi connectivity index (χ2n) is 3.02. The van der Waals surface area contributed by atoms with Crippen molar-refractivity contribution >= 4 is 11.6 Å². The van der Waals surface area contributed by atoms with Gasteiger partial charge in [0.25, 0.3) is 0 Å². The van der Waals surface area contributed by atoms with Crippen LogP contribution in [0.1, 0.15) is 0 Å². The molecule has 0 aliphatic carbocycles. The summed E-state index contributed by atoms with van der Waals surface area (Å²) in [6.45, 7) is 0. The van der Waals surface area contributed by atoms with Crippen molar-refractivity contribution in [3.63, 3.8) is 0 Å². The van der Waals surface area contributed by atoms with E-state index in [0.717, 1.165) is 0 Å². The van der Waals surface area contributed by atoms with E-state index in [9.17, 15) is 8.78 Å². The summed E-state index contributed by atoms with van der Waals surface area (Å²) in [6, 6.07) is 11.2. The standard InChI is InChI=1S/C12H6ClF2/c13-11-3-1-2-10(12(11)15)8-4-6-9(14)7-5-8/h1,3-7H. The Bertz CT molecular complexity index is 477. The minimum atomic E-state index is -0.536. The average molecular weight is 224 g/mol. The fraction of sp³-hybridized carbons (Fsp3) is 0. The molecule has 0 heterocycles. The van der Waals surface area contributed by atoms with Crippen LogP contribution in [0.2, 0.25) is 5.02 Å². The lowest BCUT2D eigenvalue weighted by molar-refractivity contribution is 0.626. The lowest BCUT2D eigenvalue weighted by atomic mass is 10.1. The molecule has 15 heavy (non-hydrogen) atoms. The van der Waals surface area contributed by atoms with E-state index in [-0.39, 0.29) is 16.4 Å². The summed E-state index contributed by atoms with van der Waals surface area (Å²) < 4.78 is 26.2. The fourth-order valence-corrected chi connectivity index (χ4v) is 1.44. The van der Waals surface area contributed by atoms with Gasteiger partial charge in [-0.2, -0.15) is 0 Å². The topological polar surface area (TPSA) is 0 Å². The molecular weight excluding hydrogens is 218 g/mol. The summed E-state index contributed by atoms with van der Waals surface area (Å²) >= 11 is 5.63. The number of hydrogen-bond acceptors (Lipinski definition) is 0. The predicted octanol–water partition coefficient (Wildman–Crippen LogP) is 4.09. The Balaban J connectivity index is 2.54. The van der Waals surface area contributed by atoms with Gasteiger partial charge in [-0.05, 0) is 29.8 Å². The Hall–Kier alpha value is -1.41. The van der Waals surface area contributed by atoms with Gasteiger partial charge in [0.05, 0.1) is 5.02 Å². The molecule has 0 nitrogen and oxygen atoms in total. The smallest absolute Gasteiger partial charge is 0.150 e. The van der Waals surface area contributed by atoms with E-state index in [0.29, 0.717) is 5.56 Å². The van der Waals surface area contributed by atoms with E-state index in [2.05, 4.69) is 6.07 Å². The van der Waals surface area contributed by atoms with E-state index < -0.39 is 5.82 Å². The van der Waals surface area contributed by atoms with Crippen LogP contribution < -0.4 is 0 Å². The number of hydrogen-bond donors (Lipinski definition) is 0. The molecule has 75 valence electrons. The van der Waals surface area contributed by atoms with Crippen LogP contribution in [0.15, 0.2) is 36.4 Å². The molecule has 0 aliphatic heterocycles. The minimum Gasteiger partial charge on any atom is -0.207 e. The summed E-state index contributed by atoms with van der Waals surface area (Å²) in [5, 5.41) is 0.0353. The molecule has 0 atom stereocenters. The van der Waals surface area contributed by atoms with Crippen molar-refractivity contribution in [1.82, 2.24) is 0 Å². The average Bonchev–Trinajstić information content (AvgIpc) is 2.24. The zero-order chi connectivity index (χ0) is 10.8. The molecule has 0 amide bonds. The molecule has 0 N–H and O–H groups in total. The lowest BCUT2D eigenvalue weighted by Crippen LogP contribution is -1.86. The first-order chi connectivity index (χ1) is 7.18. The van der Waals surface area contributed by atoms with Crippen LogP contribution in [-0.2, 0) is 0 Å². The Morgan fingerprint density at radius 3 is 2.33 bits per heavy atom. The molecule has 0 aliphatic rings. The number of benzene rings is 2. The van der Waals surface area contributed by atoms with Crippen molar-refractivity contribution < 1.29 is 8.78 Å². The number of rotatable bonds is 1. The molecule has 0 fully saturated rings. The van der Waals surface area contributed by atoms with Crippen LogP contribution in [0.25, 0.3) is 11.1 Å². The summed E-state index contributed by atoms with van der Waals surface area (Å²) in [5.74, 6) is -0.896. The predicted molar refractivity (Wildman–Crippen MR) is 55.6 cm³/mol. The largest absolute Gasteiger partial charge is 0.207 e. The van der Waals surface area contributed by atoms with Gasteiger partial charge in [-0.15, -0.1) is 0 Å². The first-order valence-corrected chi connectivity index (χ1v) is 4.68. The minimum absolute atomic E-state index is 0.0353. The molecule has 2 aromatic rings. The molecular formula is C12H6ClF2. The zero-order valence-corrected chi connectivity index (χ0v) is 8.35. The quantitative estimate of drug-likeness (QED) is 0.683. The van der Waals surface area contributed by atoms with Crippen molar-refractivity contribution in [2.24, 2.45) is 0 Å². The fourth-order valence-electron chi connectivity index (χ4n) is 1.28. The highest BCUT2D eigenvalue weighted by molar-refractivity contribution is 6.31. The zero-order valence-electron chi connectivity index (χ0n) is 7.60. The van der Waals surface area contributed by atoms with Gasteiger partial charge in [0, 0.05) is 5.56 Å². The van der Waals surface area contributed by atoms with Gasteiger partial charge in [0.2, 0.25) is 0 Å².